The summed E-state index contributed by atoms with van der Waals surface area (Å²) >= 11 is 0. The van der Waals surface area contributed by atoms with Crippen LogP contribution in [0.4, 0.5) is 0 Å². The molecule has 0 aromatic carbocycles. The first-order valence-corrected chi connectivity index (χ1v) is 17.5. The van der Waals surface area contributed by atoms with Crippen LogP contribution >= 0.6 is 43.2 Å². The van der Waals surface area contributed by atoms with E-state index in [4.69, 9.17) is 0 Å². The fraction of sp³-hybridized carbons (Fsp3) is 0.826. The summed E-state index contributed by atoms with van der Waals surface area (Å²) in [6.07, 6.45) is 7.09. The Balaban J connectivity index is 3.37. The zero-order valence-corrected chi connectivity index (χ0v) is 24.6. The number of carbonyl (C=O) groups is 4. The Bertz CT molecular complexity index is 586. The highest BCUT2D eigenvalue weighted by Gasteiger charge is 2.06. The van der Waals surface area contributed by atoms with Gasteiger partial charge in [-0.15, -0.1) is 0 Å². The summed E-state index contributed by atoms with van der Waals surface area (Å²) in [4.78, 5) is 46.4. The minimum Gasteiger partial charge on any atom is -0.356 e. The fourth-order valence-corrected chi connectivity index (χ4v) is 6.79. The van der Waals surface area contributed by atoms with Crippen molar-refractivity contribution in [2.24, 2.45) is 0 Å². The highest BCUT2D eigenvalue weighted by Crippen LogP contribution is 2.23. The molecule has 0 fully saturated rings. The molecule has 0 saturated heterocycles. The molecule has 0 unspecified atom stereocenters. The van der Waals surface area contributed by atoms with Crippen molar-refractivity contribution in [2.75, 3.05) is 49.2 Å². The molecule has 35 heavy (non-hydrogen) atoms. The second kappa shape index (κ2) is 26.3. The monoisotopic (exact) mass is 568 g/mol. The first-order chi connectivity index (χ1) is 17.0. The molecule has 0 heterocycles. The summed E-state index contributed by atoms with van der Waals surface area (Å²) in [6.45, 7) is 6.41. The van der Waals surface area contributed by atoms with Crippen LogP contribution in [0.25, 0.3) is 0 Å². The van der Waals surface area contributed by atoms with Crippen LogP contribution in [0.5, 0.6) is 0 Å². The van der Waals surface area contributed by atoms with Crippen LogP contribution in [0.2, 0.25) is 0 Å². The first-order valence-electron chi connectivity index (χ1n) is 12.5. The molecule has 0 radical (unpaired) electrons. The largest absolute Gasteiger partial charge is 0.356 e. The summed E-state index contributed by atoms with van der Waals surface area (Å²) < 4.78 is 0. The van der Waals surface area contributed by atoms with Crippen LogP contribution in [-0.4, -0.2) is 72.8 Å². The number of nitrogens with one attached hydrogen (secondary N) is 4. The maximum Gasteiger partial charge on any atom is 0.220 e. The normalized spacial score (nSPS) is 10.6. The maximum absolute atomic E-state index is 11.9. The average Bonchev–Trinajstić information content (AvgIpc) is 2.83. The van der Waals surface area contributed by atoms with Crippen molar-refractivity contribution in [1.29, 1.82) is 0 Å². The van der Waals surface area contributed by atoms with Crippen molar-refractivity contribution in [3.63, 3.8) is 0 Å². The molecule has 12 heteroatoms. The van der Waals surface area contributed by atoms with Crippen LogP contribution in [0.15, 0.2) is 0 Å². The lowest BCUT2D eigenvalue weighted by Gasteiger charge is -2.07. The van der Waals surface area contributed by atoms with E-state index >= 15 is 0 Å². The van der Waals surface area contributed by atoms with Gasteiger partial charge in [-0.05, 0) is 26.7 Å². The van der Waals surface area contributed by atoms with E-state index < -0.39 is 0 Å². The van der Waals surface area contributed by atoms with E-state index in [0.717, 1.165) is 42.3 Å². The zero-order valence-electron chi connectivity index (χ0n) is 21.3. The molecule has 0 aliphatic heterocycles. The molecule has 0 aromatic heterocycles. The number of rotatable bonds is 24. The Hall–Kier alpha value is -0.720. The van der Waals surface area contributed by atoms with Gasteiger partial charge in [-0.25, -0.2) is 0 Å². The standard InChI is InChI=1S/C23H44N4O4S4/c1-3-24-22(30)12-17-33-32-16-9-7-5-6-8-14-26-20(28)10-11-21(29)27-15-19-35-34-18-13-23(31)25-4-2/h3-19H2,1-2H3,(H,24,30)(H,25,31)(H,26,28)(H,27,29). The lowest BCUT2D eigenvalue weighted by molar-refractivity contribution is -0.126. The van der Waals surface area contributed by atoms with E-state index in [2.05, 4.69) is 21.3 Å². The second-order valence-electron chi connectivity index (χ2n) is 7.66. The van der Waals surface area contributed by atoms with E-state index in [1.807, 2.05) is 24.6 Å². The molecule has 0 aliphatic rings. The highest BCUT2D eigenvalue weighted by molar-refractivity contribution is 8.77. The van der Waals surface area contributed by atoms with Crippen molar-refractivity contribution in [1.82, 2.24) is 21.3 Å². The minimum atomic E-state index is -0.103. The molecule has 0 rings (SSSR count). The van der Waals surface area contributed by atoms with Crippen molar-refractivity contribution in [2.45, 2.75) is 71.6 Å². The molecular formula is C23H44N4O4S4. The Morgan fingerprint density at radius 3 is 1.46 bits per heavy atom. The summed E-state index contributed by atoms with van der Waals surface area (Å²) in [5.74, 6) is 3.51. The molecule has 4 N–H and O–H groups in total. The van der Waals surface area contributed by atoms with Crippen molar-refractivity contribution < 1.29 is 19.2 Å². The Labute approximate surface area is 227 Å². The first kappa shape index (κ1) is 34.3. The van der Waals surface area contributed by atoms with Gasteiger partial charge in [0.15, 0.2) is 0 Å². The van der Waals surface area contributed by atoms with Crippen LogP contribution < -0.4 is 21.3 Å². The van der Waals surface area contributed by atoms with Gasteiger partial charge in [-0.2, -0.15) is 0 Å². The highest BCUT2D eigenvalue weighted by atomic mass is 33.1. The maximum atomic E-state index is 11.9. The van der Waals surface area contributed by atoms with Gasteiger partial charge in [-0.3, -0.25) is 19.2 Å². The SMILES string of the molecule is CCNC(=O)CCSSCCCCCCCNC(=O)CCC(=O)NCCSSCCC(=O)NCC. The predicted octanol–water partition coefficient (Wildman–Crippen LogP) is 3.76. The van der Waals surface area contributed by atoms with E-state index in [9.17, 15) is 19.2 Å². The van der Waals surface area contributed by atoms with Gasteiger partial charge in [0.05, 0.1) is 0 Å². The molecule has 0 aliphatic carbocycles. The van der Waals surface area contributed by atoms with Crippen LogP contribution in [0.1, 0.15) is 71.6 Å². The topological polar surface area (TPSA) is 116 Å². The van der Waals surface area contributed by atoms with Gasteiger partial charge >= 0.3 is 0 Å². The van der Waals surface area contributed by atoms with Crippen LogP contribution in [0, 0.1) is 0 Å². The number of hydrogen-bond donors (Lipinski definition) is 4. The summed E-state index contributed by atoms with van der Waals surface area (Å²) in [5.41, 5.74) is 0. The molecule has 0 atom stereocenters. The molecule has 0 saturated carbocycles. The molecular weight excluding hydrogens is 525 g/mol. The van der Waals surface area contributed by atoms with Gasteiger partial charge in [-0.1, -0.05) is 62.4 Å². The number of carbonyl (C=O) groups excluding carboxylic acids is 4. The molecule has 0 aromatic rings. The van der Waals surface area contributed by atoms with Gasteiger partial charge in [0, 0.05) is 74.9 Å². The van der Waals surface area contributed by atoms with Crippen molar-refractivity contribution >= 4 is 66.8 Å². The quantitative estimate of drug-likeness (QED) is 0.103. The summed E-state index contributed by atoms with van der Waals surface area (Å²) in [5, 5.41) is 11.3. The third-order valence-corrected chi connectivity index (χ3v) is 9.45. The molecule has 8 nitrogen and oxygen atoms in total. The molecule has 0 spiro atoms. The summed E-state index contributed by atoms with van der Waals surface area (Å²) in [6, 6.07) is 0. The van der Waals surface area contributed by atoms with E-state index in [-0.39, 0.29) is 36.5 Å². The lowest BCUT2D eigenvalue weighted by Crippen LogP contribution is -2.29. The molecule has 204 valence electrons. The predicted molar refractivity (Wildman–Crippen MR) is 155 cm³/mol. The molecule has 0 bridgehead atoms. The van der Waals surface area contributed by atoms with Crippen molar-refractivity contribution in [3.8, 4) is 0 Å². The van der Waals surface area contributed by atoms with E-state index in [1.165, 1.54) is 12.8 Å². The third-order valence-electron chi connectivity index (χ3n) is 4.55. The Morgan fingerprint density at radius 2 is 0.886 bits per heavy atom. The fourth-order valence-electron chi connectivity index (χ4n) is 2.76. The number of hydrogen-bond acceptors (Lipinski definition) is 8. The second-order valence-corrected chi connectivity index (χ2v) is 13.1. The average molecular weight is 569 g/mol. The van der Waals surface area contributed by atoms with Gasteiger partial charge in [0.25, 0.3) is 0 Å². The lowest BCUT2D eigenvalue weighted by atomic mass is 10.1. The third kappa shape index (κ3) is 26.2. The van der Waals surface area contributed by atoms with E-state index in [1.54, 1.807) is 32.4 Å². The van der Waals surface area contributed by atoms with Gasteiger partial charge in [0.1, 0.15) is 0 Å². The van der Waals surface area contributed by atoms with Gasteiger partial charge in [0.2, 0.25) is 23.6 Å². The Kier molecular flexibility index (Phi) is 25.8. The Morgan fingerprint density at radius 1 is 0.457 bits per heavy atom. The number of unbranched alkanes of at least 4 members (excludes halogenated alkanes) is 4. The summed E-state index contributed by atoms with van der Waals surface area (Å²) in [7, 11) is 6.86. The van der Waals surface area contributed by atoms with Crippen LogP contribution in [0.3, 0.4) is 0 Å². The zero-order chi connectivity index (χ0) is 26.0. The smallest absolute Gasteiger partial charge is 0.220 e. The minimum absolute atomic E-state index is 0.0688. The van der Waals surface area contributed by atoms with E-state index in [0.29, 0.717) is 39.0 Å². The molecule has 4 amide bonds. The van der Waals surface area contributed by atoms with Crippen molar-refractivity contribution in [3.05, 3.63) is 0 Å². The number of amides is 4. The van der Waals surface area contributed by atoms with Crippen LogP contribution in [-0.2, 0) is 19.2 Å². The van der Waals surface area contributed by atoms with Gasteiger partial charge < -0.3 is 21.3 Å².